The Balaban J connectivity index is 2.60. The third-order valence-electron chi connectivity index (χ3n) is 2.54. The van der Waals surface area contributed by atoms with E-state index in [9.17, 15) is 8.78 Å². The fourth-order valence-corrected chi connectivity index (χ4v) is 1.74. The van der Waals surface area contributed by atoms with Gasteiger partial charge in [-0.3, -0.25) is 0 Å². The smallest absolute Gasteiger partial charge is 0.310 e. The van der Waals surface area contributed by atoms with Gasteiger partial charge in [0.2, 0.25) is 0 Å². The van der Waals surface area contributed by atoms with Gasteiger partial charge in [-0.25, -0.2) is 0 Å². The van der Waals surface area contributed by atoms with Gasteiger partial charge in [-0.05, 0) is 13.8 Å². The molecule has 8 heteroatoms. The molecule has 1 aliphatic heterocycles. The number of aliphatic hydroxyl groups is 1. The summed E-state index contributed by atoms with van der Waals surface area (Å²) in [6.45, 7) is 2.86. The average molecular weight is 298 g/mol. The zero-order valence-electron chi connectivity index (χ0n) is 11.7. The Kier molecular flexibility index (Phi) is 6.77. The molecule has 1 heterocycles. The summed E-state index contributed by atoms with van der Waals surface area (Å²) in [5, 5.41) is 9.17. The van der Waals surface area contributed by atoms with Crippen LogP contribution in [0.5, 0.6) is 0 Å². The normalized spacial score (nSPS) is 24.7. The summed E-state index contributed by atoms with van der Waals surface area (Å²) in [5.74, 6) is -1.76. The van der Waals surface area contributed by atoms with Crippen LogP contribution in [0.25, 0.3) is 0 Å². The first-order valence-electron chi connectivity index (χ1n) is 6.12. The van der Waals surface area contributed by atoms with Crippen LogP contribution in [0.1, 0.15) is 13.8 Å². The molecule has 2 atom stereocenters. The maximum absolute atomic E-state index is 12.9. The van der Waals surface area contributed by atoms with Crippen molar-refractivity contribution >= 4 is 0 Å². The van der Waals surface area contributed by atoms with E-state index < -0.39 is 36.4 Å². The molecule has 6 nitrogen and oxygen atoms in total. The molecular weight excluding hydrogens is 278 g/mol. The van der Waals surface area contributed by atoms with Crippen LogP contribution in [0.15, 0.2) is 11.8 Å². The molecule has 0 spiro atoms. The minimum absolute atomic E-state index is 0.217. The van der Waals surface area contributed by atoms with Gasteiger partial charge in [0.25, 0.3) is 0 Å². The molecular formula is C12H20F2O6. The van der Waals surface area contributed by atoms with Crippen molar-refractivity contribution in [1.29, 1.82) is 0 Å². The predicted octanol–water partition coefficient (Wildman–Crippen LogP) is 1.24. The zero-order chi connectivity index (χ0) is 15.2. The Hall–Kier alpha value is -0.800. The Bertz CT molecular complexity index is 330. The van der Waals surface area contributed by atoms with Crippen molar-refractivity contribution in [2.24, 2.45) is 0 Å². The van der Waals surface area contributed by atoms with Gasteiger partial charge in [0.05, 0.1) is 19.8 Å². The van der Waals surface area contributed by atoms with Crippen molar-refractivity contribution in [2.45, 2.75) is 31.8 Å². The average Bonchev–Trinajstić information content (AvgIpc) is 2.68. The summed E-state index contributed by atoms with van der Waals surface area (Å²) in [4.78, 5) is 0. The Morgan fingerprint density at radius 1 is 1.25 bits per heavy atom. The van der Waals surface area contributed by atoms with Crippen molar-refractivity contribution < 1.29 is 37.6 Å². The molecule has 1 fully saturated rings. The molecule has 0 unspecified atom stereocenters. The molecule has 0 amide bonds. The Morgan fingerprint density at radius 2 is 1.95 bits per heavy atom. The van der Waals surface area contributed by atoms with Crippen molar-refractivity contribution in [3.63, 3.8) is 0 Å². The molecule has 0 radical (unpaired) electrons. The van der Waals surface area contributed by atoms with Gasteiger partial charge < -0.3 is 28.8 Å². The summed E-state index contributed by atoms with van der Waals surface area (Å²) < 4.78 is 51.1. The van der Waals surface area contributed by atoms with Crippen molar-refractivity contribution in [2.75, 3.05) is 33.7 Å². The van der Waals surface area contributed by atoms with Crippen molar-refractivity contribution in [1.82, 2.24) is 0 Å². The van der Waals surface area contributed by atoms with Crippen molar-refractivity contribution in [3.8, 4) is 0 Å². The van der Waals surface area contributed by atoms with Crippen LogP contribution in [-0.4, -0.2) is 56.8 Å². The van der Waals surface area contributed by atoms with E-state index >= 15 is 0 Å². The summed E-state index contributed by atoms with van der Waals surface area (Å²) in [5.41, 5.74) is 0. The van der Waals surface area contributed by atoms with Crippen LogP contribution in [0.3, 0.4) is 0 Å². The van der Waals surface area contributed by atoms with Gasteiger partial charge in [0.15, 0.2) is 24.4 Å². The molecule has 1 N–H and O–H groups in total. The van der Waals surface area contributed by atoms with Crippen molar-refractivity contribution in [3.05, 3.63) is 11.8 Å². The van der Waals surface area contributed by atoms with E-state index in [1.165, 1.54) is 7.11 Å². The van der Waals surface area contributed by atoms with E-state index in [1.807, 2.05) is 0 Å². The molecule has 0 aromatic heterocycles. The molecule has 0 aliphatic carbocycles. The molecule has 0 saturated carbocycles. The van der Waals surface area contributed by atoms with Gasteiger partial charge in [0.1, 0.15) is 6.10 Å². The fraction of sp³-hybridized carbons (Fsp3) is 0.833. The molecule has 20 heavy (non-hydrogen) atoms. The number of methoxy groups -OCH3 is 1. The summed E-state index contributed by atoms with van der Waals surface area (Å²) >= 11 is 0. The van der Waals surface area contributed by atoms with Gasteiger partial charge in [-0.2, -0.15) is 8.78 Å². The van der Waals surface area contributed by atoms with Crippen LogP contribution >= 0.6 is 0 Å². The topological polar surface area (TPSA) is 66.4 Å². The molecule has 1 rings (SSSR count). The molecule has 0 bridgehead atoms. The van der Waals surface area contributed by atoms with Crippen LogP contribution in [0.2, 0.25) is 0 Å². The van der Waals surface area contributed by atoms with E-state index in [0.29, 0.717) is 6.61 Å². The second-order valence-electron chi connectivity index (χ2n) is 4.57. The van der Waals surface area contributed by atoms with E-state index in [-0.39, 0.29) is 13.4 Å². The first-order valence-corrected chi connectivity index (χ1v) is 6.12. The lowest BCUT2D eigenvalue weighted by atomic mass is 10.2. The molecule has 0 aromatic carbocycles. The fourth-order valence-electron chi connectivity index (χ4n) is 1.74. The minimum Gasteiger partial charge on any atom is -0.463 e. The van der Waals surface area contributed by atoms with Crippen LogP contribution in [-0.2, 0) is 23.7 Å². The lowest BCUT2D eigenvalue weighted by molar-refractivity contribution is -0.151. The summed E-state index contributed by atoms with van der Waals surface area (Å²) in [7, 11) is 1.49. The maximum atomic E-state index is 12.9. The second-order valence-corrected chi connectivity index (χ2v) is 4.57. The number of aliphatic hydroxyl groups excluding tert-OH is 1. The lowest BCUT2D eigenvalue weighted by Gasteiger charge is -2.19. The number of halogens is 2. The van der Waals surface area contributed by atoms with E-state index in [0.717, 1.165) is 0 Å². The first-order chi connectivity index (χ1) is 9.41. The third kappa shape index (κ3) is 4.95. The highest BCUT2D eigenvalue weighted by Crippen LogP contribution is 2.33. The molecule has 118 valence electrons. The molecule has 1 aliphatic rings. The largest absolute Gasteiger partial charge is 0.463 e. The number of hydrogen-bond acceptors (Lipinski definition) is 6. The van der Waals surface area contributed by atoms with E-state index in [1.54, 1.807) is 13.8 Å². The second kappa shape index (κ2) is 7.84. The zero-order valence-corrected chi connectivity index (χ0v) is 11.7. The minimum atomic E-state index is -2.04. The third-order valence-corrected chi connectivity index (χ3v) is 2.54. The van der Waals surface area contributed by atoms with Gasteiger partial charge in [-0.15, -0.1) is 0 Å². The molecule has 1 saturated heterocycles. The van der Waals surface area contributed by atoms with Crippen LogP contribution in [0, 0.1) is 0 Å². The highest BCUT2D eigenvalue weighted by Gasteiger charge is 2.45. The number of ether oxygens (including phenoxy) is 5. The maximum Gasteiger partial charge on any atom is 0.310 e. The quantitative estimate of drug-likeness (QED) is 0.413. The van der Waals surface area contributed by atoms with Crippen LogP contribution < -0.4 is 0 Å². The Labute approximate surface area is 116 Å². The van der Waals surface area contributed by atoms with Crippen LogP contribution in [0.4, 0.5) is 8.78 Å². The van der Waals surface area contributed by atoms with Gasteiger partial charge in [-0.1, -0.05) is 0 Å². The molecule has 0 aromatic rings. The SMILES string of the molecule is COCCOCOC(=C(F)F)[C@H]1OC(C)(C)O[C@@H]1CO. The van der Waals surface area contributed by atoms with Gasteiger partial charge in [0, 0.05) is 7.11 Å². The highest BCUT2D eigenvalue weighted by atomic mass is 19.3. The standard InChI is InChI=1S/C12H20F2O6/c1-12(2)19-8(6-15)9(20-12)10(11(13)14)18-7-17-5-4-16-3/h8-9,15H,4-7H2,1-3H3/t8-,9+/m1/s1. The Morgan fingerprint density at radius 3 is 2.50 bits per heavy atom. The highest BCUT2D eigenvalue weighted by molar-refractivity contribution is 5.07. The monoisotopic (exact) mass is 298 g/mol. The van der Waals surface area contributed by atoms with E-state index in [4.69, 9.17) is 28.8 Å². The lowest BCUT2D eigenvalue weighted by Crippen LogP contribution is -2.30. The predicted molar refractivity (Wildman–Crippen MR) is 63.9 cm³/mol. The summed E-state index contributed by atoms with van der Waals surface area (Å²) in [6.07, 6.45) is -4.13. The first kappa shape index (κ1) is 17.3. The van der Waals surface area contributed by atoms with E-state index in [2.05, 4.69) is 0 Å². The number of hydrogen-bond donors (Lipinski definition) is 1. The van der Waals surface area contributed by atoms with Gasteiger partial charge >= 0.3 is 6.08 Å². The number of rotatable bonds is 8. The summed E-state index contributed by atoms with van der Waals surface area (Å²) in [6, 6.07) is 0.